The van der Waals surface area contributed by atoms with Crippen molar-refractivity contribution in [3.63, 3.8) is 0 Å². The van der Waals surface area contributed by atoms with Gasteiger partial charge in [-0.25, -0.2) is 9.67 Å². The van der Waals surface area contributed by atoms with Gasteiger partial charge in [0.15, 0.2) is 5.82 Å². The van der Waals surface area contributed by atoms with Gasteiger partial charge in [-0.1, -0.05) is 6.07 Å². The van der Waals surface area contributed by atoms with Gasteiger partial charge in [0.25, 0.3) is 5.56 Å². The highest BCUT2D eigenvalue weighted by molar-refractivity contribution is 5.38. The van der Waals surface area contributed by atoms with Crippen LogP contribution in [0.15, 0.2) is 35.4 Å². The van der Waals surface area contributed by atoms with E-state index in [-0.39, 0.29) is 11.2 Å². The molecule has 0 amide bonds. The third kappa shape index (κ3) is 4.56. The molecule has 2 aliphatic rings. The fourth-order valence-electron chi connectivity index (χ4n) is 4.79. The molecular weight excluding hydrogens is 438 g/mol. The number of rotatable bonds is 5. The molecule has 180 valence electrons. The molecule has 0 aliphatic carbocycles. The first-order valence-electron chi connectivity index (χ1n) is 11.5. The predicted octanol–water partition coefficient (Wildman–Crippen LogP) is -0.136. The van der Waals surface area contributed by atoms with E-state index in [1.807, 2.05) is 19.1 Å². The van der Waals surface area contributed by atoms with E-state index < -0.39 is 6.10 Å². The SMILES string of the molecule is Cc1nc(-n2cnnn2)ccc1[C@@H](O)CN1CCC2(CC1)CN(c1ccc(=O)n(C)n1)CCO2. The first-order valence-corrected chi connectivity index (χ1v) is 11.5. The van der Waals surface area contributed by atoms with Crippen LogP contribution in [0, 0.1) is 6.92 Å². The summed E-state index contributed by atoms with van der Waals surface area (Å²) in [7, 11) is 1.67. The molecule has 12 nitrogen and oxygen atoms in total. The second kappa shape index (κ2) is 9.20. The monoisotopic (exact) mass is 467 g/mol. The van der Waals surface area contributed by atoms with Crippen LogP contribution in [0.1, 0.15) is 30.2 Å². The smallest absolute Gasteiger partial charge is 0.266 e. The van der Waals surface area contributed by atoms with E-state index in [1.54, 1.807) is 19.2 Å². The molecule has 3 aromatic rings. The average Bonchev–Trinajstić information content (AvgIpc) is 3.38. The highest BCUT2D eigenvalue weighted by Crippen LogP contribution is 2.32. The first-order chi connectivity index (χ1) is 16.4. The number of aliphatic hydroxyl groups is 1. The third-order valence-electron chi connectivity index (χ3n) is 6.77. The summed E-state index contributed by atoms with van der Waals surface area (Å²) in [5.74, 6) is 1.42. The lowest BCUT2D eigenvalue weighted by Gasteiger charge is -2.47. The molecule has 3 aromatic heterocycles. The van der Waals surface area contributed by atoms with Crippen LogP contribution in [0.25, 0.3) is 5.82 Å². The van der Waals surface area contributed by atoms with Gasteiger partial charge in [0.2, 0.25) is 0 Å². The zero-order valence-electron chi connectivity index (χ0n) is 19.4. The van der Waals surface area contributed by atoms with E-state index in [0.29, 0.717) is 19.0 Å². The summed E-state index contributed by atoms with van der Waals surface area (Å²) in [5.41, 5.74) is 1.21. The highest BCUT2D eigenvalue weighted by atomic mass is 16.5. The van der Waals surface area contributed by atoms with Crippen molar-refractivity contribution >= 4 is 5.82 Å². The molecular formula is C22H29N9O3. The maximum absolute atomic E-state index is 11.7. The van der Waals surface area contributed by atoms with Gasteiger partial charge in [-0.3, -0.25) is 4.79 Å². The van der Waals surface area contributed by atoms with Crippen LogP contribution in [0.5, 0.6) is 0 Å². The molecule has 2 saturated heterocycles. The largest absolute Gasteiger partial charge is 0.387 e. The molecule has 12 heteroatoms. The van der Waals surface area contributed by atoms with Crippen molar-refractivity contribution in [3.8, 4) is 5.82 Å². The Kier molecular flexibility index (Phi) is 6.11. The van der Waals surface area contributed by atoms with Crippen molar-refractivity contribution in [1.82, 2.24) is 39.9 Å². The number of aromatic nitrogens is 7. The number of hydrogen-bond acceptors (Lipinski definition) is 10. The molecule has 1 spiro atoms. The Hall–Kier alpha value is -3.22. The van der Waals surface area contributed by atoms with Gasteiger partial charge in [-0.2, -0.15) is 9.78 Å². The average molecular weight is 468 g/mol. The van der Waals surface area contributed by atoms with Gasteiger partial charge < -0.3 is 19.6 Å². The number of β-amino-alcohol motifs (C(OH)–C–C–N with tert-alkyl or cyclic N) is 1. The number of aryl methyl sites for hydroxylation is 2. The lowest BCUT2D eigenvalue weighted by Crippen LogP contribution is -2.57. The van der Waals surface area contributed by atoms with E-state index in [0.717, 1.165) is 56.1 Å². The number of aliphatic hydroxyl groups excluding tert-OH is 1. The second-order valence-corrected chi connectivity index (χ2v) is 9.02. The molecule has 5 rings (SSSR count). The number of piperidine rings is 1. The fourth-order valence-corrected chi connectivity index (χ4v) is 4.79. The Bertz CT molecular complexity index is 1190. The Morgan fingerprint density at radius 3 is 2.65 bits per heavy atom. The molecule has 34 heavy (non-hydrogen) atoms. The second-order valence-electron chi connectivity index (χ2n) is 9.02. The molecule has 0 saturated carbocycles. The molecule has 0 aromatic carbocycles. The van der Waals surface area contributed by atoms with Gasteiger partial charge in [0.1, 0.15) is 12.1 Å². The topological polar surface area (TPSA) is 127 Å². The van der Waals surface area contributed by atoms with Crippen LogP contribution < -0.4 is 10.5 Å². The highest BCUT2D eigenvalue weighted by Gasteiger charge is 2.40. The van der Waals surface area contributed by atoms with E-state index in [9.17, 15) is 9.90 Å². The Morgan fingerprint density at radius 2 is 1.94 bits per heavy atom. The number of anilines is 1. The third-order valence-corrected chi connectivity index (χ3v) is 6.77. The zero-order valence-corrected chi connectivity index (χ0v) is 19.4. The van der Waals surface area contributed by atoms with Crippen molar-refractivity contribution in [2.45, 2.75) is 31.5 Å². The van der Waals surface area contributed by atoms with Crippen LogP contribution in [0.4, 0.5) is 5.82 Å². The van der Waals surface area contributed by atoms with E-state index in [2.05, 4.69) is 35.4 Å². The summed E-state index contributed by atoms with van der Waals surface area (Å²) in [6, 6.07) is 7.04. The lowest BCUT2D eigenvalue weighted by atomic mass is 9.89. The Labute approximate surface area is 196 Å². The maximum atomic E-state index is 11.7. The van der Waals surface area contributed by atoms with Crippen LogP contribution in [0.2, 0.25) is 0 Å². The number of ether oxygens (including phenoxy) is 1. The first kappa shape index (κ1) is 22.6. The van der Waals surface area contributed by atoms with Crippen molar-refractivity contribution in [3.05, 3.63) is 52.2 Å². The van der Waals surface area contributed by atoms with Crippen LogP contribution in [-0.2, 0) is 11.8 Å². The normalized spacial score (nSPS) is 19.4. The number of nitrogens with zero attached hydrogens (tertiary/aromatic N) is 9. The fraction of sp³-hybridized carbons (Fsp3) is 0.545. The molecule has 2 aliphatic heterocycles. The quantitative estimate of drug-likeness (QED) is 0.542. The Balaban J connectivity index is 1.19. The van der Waals surface area contributed by atoms with Gasteiger partial charge in [0.05, 0.1) is 18.3 Å². The molecule has 0 radical (unpaired) electrons. The molecule has 5 heterocycles. The molecule has 1 N–H and O–H groups in total. The lowest BCUT2D eigenvalue weighted by molar-refractivity contribution is -0.0945. The van der Waals surface area contributed by atoms with E-state index in [4.69, 9.17) is 4.74 Å². The summed E-state index contributed by atoms with van der Waals surface area (Å²) < 4.78 is 9.12. The standard InChI is InChI=1S/C22H29N9O3/c1-16-17(3-4-19(24-16)31-15-23-26-27-31)18(32)13-29-9-7-22(8-10-29)14-30(11-12-34-22)20-5-6-21(33)28(2)25-20/h3-6,15,18,32H,7-14H2,1-2H3/t18-/m0/s1. The number of pyridine rings is 1. The van der Waals surface area contributed by atoms with E-state index >= 15 is 0 Å². The minimum Gasteiger partial charge on any atom is -0.387 e. The zero-order chi connectivity index (χ0) is 23.7. The van der Waals surface area contributed by atoms with Gasteiger partial charge in [-0.05, 0) is 42.3 Å². The van der Waals surface area contributed by atoms with Crippen molar-refractivity contribution < 1.29 is 9.84 Å². The van der Waals surface area contributed by atoms with Gasteiger partial charge in [0, 0.05) is 57.1 Å². The van der Waals surface area contributed by atoms with Crippen molar-refractivity contribution in [2.75, 3.05) is 44.2 Å². The summed E-state index contributed by atoms with van der Waals surface area (Å²) in [5, 5.41) is 26.4. The van der Waals surface area contributed by atoms with Crippen molar-refractivity contribution in [2.24, 2.45) is 7.05 Å². The van der Waals surface area contributed by atoms with Gasteiger partial charge in [-0.15, -0.1) is 5.10 Å². The minimum atomic E-state index is -0.636. The molecule has 2 fully saturated rings. The van der Waals surface area contributed by atoms with Crippen LogP contribution in [-0.4, -0.2) is 89.9 Å². The summed E-state index contributed by atoms with van der Waals surface area (Å²) in [6.45, 7) is 6.22. The number of hydrogen-bond donors (Lipinski definition) is 1. The van der Waals surface area contributed by atoms with E-state index in [1.165, 1.54) is 15.7 Å². The molecule has 0 unspecified atom stereocenters. The maximum Gasteiger partial charge on any atom is 0.266 e. The summed E-state index contributed by atoms with van der Waals surface area (Å²) >= 11 is 0. The van der Waals surface area contributed by atoms with Gasteiger partial charge >= 0.3 is 0 Å². The summed E-state index contributed by atoms with van der Waals surface area (Å²) in [6.07, 6.45) is 2.60. The summed E-state index contributed by atoms with van der Waals surface area (Å²) in [4.78, 5) is 20.7. The predicted molar refractivity (Wildman–Crippen MR) is 123 cm³/mol. The van der Waals surface area contributed by atoms with Crippen molar-refractivity contribution in [1.29, 1.82) is 0 Å². The Morgan fingerprint density at radius 1 is 1.15 bits per heavy atom. The molecule has 0 bridgehead atoms. The number of tetrazole rings is 1. The molecule has 1 atom stereocenters. The number of morpholine rings is 1. The van der Waals surface area contributed by atoms with Crippen LogP contribution >= 0.6 is 0 Å². The minimum absolute atomic E-state index is 0.117. The number of likely N-dealkylation sites (tertiary alicyclic amines) is 1. The van der Waals surface area contributed by atoms with Crippen LogP contribution in [0.3, 0.4) is 0 Å².